The maximum atomic E-state index is 10.3. The van der Waals surface area contributed by atoms with Gasteiger partial charge in [0.25, 0.3) is 0 Å². The Bertz CT molecular complexity index is 1060. The van der Waals surface area contributed by atoms with Crippen LogP contribution in [0, 0.1) is 0 Å². The molecule has 0 fully saturated rings. The SMILES string of the molecule is COc1cnc2ccc(C(C)OC3=NN(c4cnn(C)c4)C=CC3O)cc2c1. The Morgan fingerprint density at radius 3 is 2.82 bits per heavy atom. The number of pyridine rings is 1. The Morgan fingerprint density at radius 1 is 1.21 bits per heavy atom. The molecule has 0 aliphatic carbocycles. The number of aliphatic hydroxyl groups is 1. The Balaban J connectivity index is 1.57. The number of benzene rings is 1. The summed E-state index contributed by atoms with van der Waals surface area (Å²) in [5, 5.41) is 21.4. The van der Waals surface area contributed by atoms with Crippen LogP contribution in [0.5, 0.6) is 5.75 Å². The zero-order valence-corrected chi connectivity index (χ0v) is 15.9. The lowest BCUT2D eigenvalue weighted by molar-refractivity contribution is 0.164. The number of hydrogen-bond donors (Lipinski definition) is 1. The van der Waals surface area contributed by atoms with E-state index in [1.165, 1.54) is 0 Å². The summed E-state index contributed by atoms with van der Waals surface area (Å²) in [6.07, 6.45) is 7.30. The molecule has 3 aromatic rings. The highest BCUT2D eigenvalue weighted by Gasteiger charge is 2.22. The predicted molar refractivity (Wildman–Crippen MR) is 106 cm³/mol. The number of hydrogen-bond acceptors (Lipinski definition) is 7. The Labute approximate surface area is 162 Å². The maximum absolute atomic E-state index is 10.3. The number of anilines is 1. The average molecular weight is 379 g/mol. The lowest BCUT2D eigenvalue weighted by Crippen LogP contribution is -2.30. The molecular weight excluding hydrogens is 358 g/mol. The largest absolute Gasteiger partial charge is 0.495 e. The molecule has 8 heteroatoms. The first-order valence-corrected chi connectivity index (χ1v) is 8.86. The van der Waals surface area contributed by atoms with Crippen LogP contribution in [-0.4, -0.2) is 39.0 Å². The van der Waals surface area contributed by atoms with Crippen LogP contribution >= 0.6 is 0 Å². The minimum absolute atomic E-state index is 0.225. The lowest BCUT2D eigenvalue weighted by atomic mass is 10.1. The molecule has 0 saturated heterocycles. The minimum Gasteiger partial charge on any atom is -0.495 e. The van der Waals surface area contributed by atoms with Gasteiger partial charge in [0.2, 0.25) is 5.90 Å². The normalized spacial score (nSPS) is 17.5. The fraction of sp³-hybridized carbons (Fsp3) is 0.250. The van der Waals surface area contributed by atoms with Crippen molar-refractivity contribution in [1.29, 1.82) is 0 Å². The molecule has 0 saturated carbocycles. The van der Waals surface area contributed by atoms with Gasteiger partial charge >= 0.3 is 0 Å². The number of aromatic nitrogens is 3. The molecule has 2 aromatic heterocycles. The second kappa shape index (κ2) is 7.32. The molecule has 0 bridgehead atoms. The fourth-order valence-corrected chi connectivity index (χ4v) is 2.95. The van der Waals surface area contributed by atoms with E-state index in [4.69, 9.17) is 9.47 Å². The van der Waals surface area contributed by atoms with Gasteiger partial charge in [-0.15, -0.1) is 5.10 Å². The van der Waals surface area contributed by atoms with Crippen molar-refractivity contribution < 1.29 is 14.6 Å². The van der Waals surface area contributed by atoms with E-state index in [1.54, 1.807) is 41.5 Å². The number of nitrogens with zero attached hydrogens (tertiary/aromatic N) is 5. The molecule has 2 atom stereocenters. The lowest BCUT2D eigenvalue weighted by Gasteiger charge is -2.24. The molecule has 1 aliphatic heterocycles. The first kappa shape index (κ1) is 18.0. The van der Waals surface area contributed by atoms with Crippen molar-refractivity contribution in [3.8, 4) is 5.75 Å². The predicted octanol–water partition coefficient (Wildman–Crippen LogP) is 2.76. The quantitative estimate of drug-likeness (QED) is 0.750. The Kier molecular flexibility index (Phi) is 4.70. The van der Waals surface area contributed by atoms with Crippen molar-refractivity contribution in [1.82, 2.24) is 14.8 Å². The molecule has 1 aliphatic rings. The second-order valence-corrected chi connectivity index (χ2v) is 6.53. The van der Waals surface area contributed by atoms with Crippen molar-refractivity contribution in [2.45, 2.75) is 19.1 Å². The van der Waals surface area contributed by atoms with Crippen molar-refractivity contribution >= 4 is 22.5 Å². The van der Waals surface area contributed by atoms with Crippen LogP contribution in [0.25, 0.3) is 10.9 Å². The molecule has 4 rings (SSSR count). The average Bonchev–Trinajstić information content (AvgIpc) is 3.15. The van der Waals surface area contributed by atoms with E-state index in [2.05, 4.69) is 15.2 Å². The number of hydrazone groups is 1. The first-order valence-electron chi connectivity index (χ1n) is 8.86. The summed E-state index contributed by atoms with van der Waals surface area (Å²) in [6.45, 7) is 1.91. The summed E-state index contributed by atoms with van der Waals surface area (Å²) in [6, 6.07) is 7.82. The van der Waals surface area contributed by atoms with E-state index < -0.39 is 6.10 Å². The van der Waals surface area contributed by atoms with Crippen LogP contribution < -0.4 is 9.75 Å². The summed E-state index contributed by atoms with van der Waals surface area (Å²) in [7, 11) is 3.45. The van der Waals surface area contributed by atoms with Gasteiger partial charge in [-0.1, -0.05) is 6.07 Å². The molecule has 2 unspecified atom stereocenters. The van der Waals surface area contributed by atoms with Crippen LogP contribution in [0.2, 0.25) is 0 Å². The van der Waals surface area contributed by atoms with E-state index >= 15 is 0 Å². The molecule has 8 nitrogen and oxygen atoms in total. The molecule has 144 valence electrons. The highest BCUT2D eigenvalue weighted by Crippen LogP contribution is 2.26. The molecule has 3 heterocycles. The van der Waals surface area contributed by atoms with Crippen molar-refractivity contribution in [3.05, 3.63) is 60.7 Å². The van der Waals surface area contributed by atoms with E-state index in [1.807, 2.05) is 44.4 Å². The molecule has 28 heavy (non-hydrogen) atoms. The molecule has 0 spiro atoms. The minimum atomic E-state index is -0.905. The topological polar surface area (TPSA) is 85.0 Å². The number of rotatable bonds is 4. The number of fused-ring (bicyclic) bond motifs is 1. The monoisotopic (exact) mass is 379 g/mol. The highest BCUT2D eigenvalue weighted by molar-refractivity contribution is 5.85. The third kappa shape index (κ3) is 3.54. The van der Waals surface area contributed by atoms with Crippen LogP contribution in [-0.2, 0) is 11.8 Å². The highest BCUT2D eigenvalue weighted by atomic mass is 16.5. The van der Waals surface area contributed by atoms with Gasteiger partial charge in [0.1, 0.15) is 17.5 Å². The van der Waals surface area contributed by atoms with Gasteiger partial charge in [0, 0.05) is 18.6 Å². The Hall–Kier alpha value is -3.39. The smallest absolute Gasteiger partial charge is 0.240 e. The van der Waals surface area contributed by atoms with Crippen LogP contribution in [0.1, 0.15) is 18.6 Å². The molecule has 0 radical (unpaired) electrons. The molecule has 1 aromatic carbocycles. The number of aliphatic hydroxyl groups excluding tert-OH is 1. The van der Waals surface area contributed by atoms with Crippen LogP contribution in [0.15, 0.2) is 60.2 Å². The van der Waals surface area contributed by atoms with Crippen molar-refractivity contribution in [2.75, 3.05) is 12.1 Å². The molecule has 1 N–H and O–H groups in total. The summed E-state index contributed by atoms with van der Waals surface area (Å²) >= 11 is 0. The van der Waals surface area contributed by atoms with Gasteiger partial charge in [0.15, 0.2) is 6.10 Å². The molecule has 0 amide bonds. The number of methoxy groups -OCH3 is 1. The standard InChI is InChI=1S/C20H21N5O3/c1-13(14-4-5-18-15(8-14)9-17(27-3)11-21-18)28-20-19(26)6-7-25(23-20)16-10-22-24(2)12-16/h4-13,19,26H,1-3H3. The fourth-order valence-electron chi connectivity index (χ4n) is 2.95. The summed E-state index contributed by atoms with van der Waals surface area (Å²) in [5.41, 5.74) is 2.60. The zero-order valence-electron chi connectivity index (χ0n) is 15.9. The van der Waals surface area contributed by atoms with E-state index in [0.717, 1.165) is 22.2 Å². The summed E-state index contributed by atoms with van der Waals surface area (Å²) in [5.74, 6) is 0.922. The zero-order chi connectivity index (χ0) is 19.7. The molecular formula is C20H21N5O3. The van der Waals surface area contributed by atoms with Crippen molar-refractivity contribution in [3.63, 3.8) is 0 Å². The second-order valence-electron chi connectivity index (χ2n) is 6.53. The summed E-state index contributed by atoms with van der Waals surface area (Å²) in [4.78, 5) is 4.37. The van der Waals surface area contributed by atoms with Gasteiger partial charge in [-0.25, -0.2) is 5.01 Å². The van der Waals surface area contributed by atoms with Gasteiger partial charge in [0.05, 0.1) is 31.2 Å². The van der Waals surface area contributed by atoms with E-state index in [9.17, 15) is 5.11 Å². The summed E-state index contributed by atoms with van der Waals surface area (Å²) < 4.78 is 12.9. The number of ether oxygens (including phenoxy) is 2. The van der Waals surface area contributed by atoms with E-state index in [0.29, 0.717) is 5.75 Å². The third-order valence-electron chi connectivity index (χ3n) is 4.51. The van der Waals surface area contributed by atoms with Gasteiger partial charge in [-0.2, -0.15) is 5.10 Å². The number of aryl methyl sites for hydroxylation is 1. The van der Waals surface area contributed by atoms with E-state index in [-0.39, 0.29) is 12.0 Å². The van der Waals surface area contributed by atoms with Crippen molar-refractivity contribution in [2.24, 2.45) is 12.1 Å². The van der Waals surface area contributed by atoms with Gasteiger partial charge in [-0.3, -0.25) is 9.67 Å². The first-order chi connectivity index (χ1) is 13.5. The van der Waals surface area contributed by atoms with Gasteiger partial charge < -0.3 is 14.6 Å². The van der Waals surface area contributed by atoms with Crippen LogP contribution in [0.4, 0.5) is 5.69 Å². The Morgan fingerprint density at radius 2 is 2.07 bits per heavy atom. The van der Waals surface area contributed by atoms with Gasteiger partial charge in [-0.05, 0) is 36.8 Å². The third-order valence-corrected chi connectivity index (χ3v) is 4.51. The maximum Gasteiger partial charge on any atom is 0.240 e. The van der Waals surface area contributed by atoms with Crippen LogP contribution in [0.3, 0.4) is 0 Å².